The molecule has 1 rings (SSSR count). The topological polar surface area (TPSA) is 49.4 Å². The Morgan fingerprint density at radius 3 is 2.45 bits per heavy atom. The van der Waals surface area contributed by atoms with Gasteiger partial charge in [0.1, 0.15) is 0 Å². The SMILES string of the molecule is CC(C)(C)CN1C[C@H](NC(=O)CCC(F)(F)F)CC1=O. The van der Waals surface area contributed by atoms with Crippen LogP contribution in [0.1, 0.15) is 40.0 Å². The number of amides is 2. The van der Waals surface area contributed by atoms with Crippen LogP contribution >= 0.6 is 0 Å². The quantitative estimate of drug-likeness (QED) is 0.863. The van der Waals surface area contributed by atoms with Gasteiger partial charge in [-0.15, -0.1) is 0 Å². The Morgan fingerprint density at radius 2 is 1.95 bits per heavy atom. The third-order valence-corrected chi connectivity index (χ3v) is 2.88. The van der Waals surface area contributed by atoms with Gasteiger partial charge in [0.2, 0.25) is 11.8 Å². The van der Waals surface area contributed by atoms with E-state index in [1.54, 1.807) is 4.90 Å². The van der Waals surface area contributed by atoms with E-state index in [0.717, 1.165) is 0 Å². The van der Waals surface area contributed by atoms with Gasteiger partial charge in [0.05, 0.1) is 12.5 Å². The van der Waals surface area contributed by atoms with Gasteiger partial charge in [-0.2, -0.15) is 13.2 Å². The van der Waals surface area contributed by atoms with Crippen LogP contribution in [0.3, 0.4) is 0 Å². The Hall–Kier alpha value is -1.27. The minimum atomic E-state index is -4.33. The van der Waals surface area contributed by atoms with Crippen molar-refractivity contribution < 1.29 is 22.8 Å². The third kappa shape index (κ3) is 6.25. The maximum Gasteiger partial charge on any atom is 0.389 e. The molecule has 1 heterocycles. The molecule has 1 aliphatic heterocycles. The summed E-state index contributed by atoms with van der Waals surface area (Å²) in [6.07, 6.45) is -5.90. The van der Waals surface area contributed by atoms with Crippen molar-refractivity contribution in [2.75, 3.05) is 13.1 Å². The average Bonchev–Trinajstić information content (AvgIpc) is 2.52. The first kappa shape index (κ1) is 16.8. The van der Waals surface area contributed by atoms with Crippen molar-refractivity contribution in [1.29, 1.82) is 0 Å². The van der Waals surface area contributed by atoms with Gasteiger partial charge in [0, 0.05) is 25.9 Å². The minimum Gasteiger partial charge on any atom is -0.351 e. The van der Waals surface area contributed by atoms with Crippen LogP contribution in [0.5, 0.6) is 0 Å². The molecule has 2 amide bonds. The number of hydrogen-bond donors (Lipinski definition) is 1. The lowest BCUT2D eigenvalue weighted by Crippen LogP contribution is -2.39. The van der Waals surface area contributed by atoms with E-state index in [0.29, 0.717) is 13.1 Å². The Kier molecular flexibility index (Phi) is 5.05. The standard InChI is InChI=1S/C13H21F3N2O2/c1-12(2,3)8-18-7-9(6-11(18)20)17-10(19)4-5-13(14,15)16/h9H,4-8H2,1-3H3,(H,17,19)/t9-/m1/s1. The number of carbonyl (C=O) groups is 2. The molecule has 20 heavy (non-hydrogen) atoms. The molecular weight excluding hydrogens is 273 g/mol. The average molecular weight is 294 g/mol. The molecule has 1 aliphatic rings. The number of hydrogen-bond acceptors (Lipinski definition) is 2. The number of rotatable bonds is 4. The number of alkyl halides is 3. The summed E-state index contributed by atoms with van der Waals surface area (Å²) in [6.45, 7) is 6.93. The first-order chi connectivity index (χ1) is 8.96. The van der Waals surface area contributed by atoms with Crippen molar-refractivity contribution >= 4 is 11.8 Å². The molecule has 116 valence electrons. The summed E-state index contributed by atoms with van der Waals surface area (Å²) in [6, 6.07) is -0.384. The maximum absolute atomic E-state index is 12.0. The molecule has 0 aromatic carbocycles. The van der Waals surface area contributed by atoms with E-state index in [9.17, 15) is 22.8 Å². The largest absolute Gasteiger partial charge is 0.389 e. The van der Waals surface area contributed by atoms with Gasteiger partial charge in [0.15, 0.2) is 0 Å². The van der Waals surface area contributed by atoms with E-state index in [-0.39, 0.29) is 23.8 Å². The summed E-state index contributed by atoms with van der Waals surface area (Å²) in [5.41, 5.74) is -0.0508. The molecule has 7 heteroatoms. The fraction of sp³-hybridized carbons (Fsp3) is 0.846. The van der Waals surface area contributed by atoms with Crippen LogP contribution in [0.25, 0.3) is 0 Å². The second-order valence-corrected chi connectivity index (χ2v) is 6.42. The predicted molar refractivity (Wildman–Crippen MR) is 67.9 cm³/mol. The fourth-order valence-electron chi connectivity index (χ4n) is 2.15. The molecule has 0 spiro atoms. The van der Waals surface area contributed by atoms with E-state index in [1.807, 2.05) is 20.8 Å². The highest BCUT2D eigenvalue weighted by Gasteiger charge is 2.33. The molecule has 1 N–H and O–H groups in total. The number of halogens is 3. The number of nitrogens with one attached hydrogen (secondary N) is 1. The lowest BCUT2D eigenvalue weighted by Gasteiger charge is -2.26. The highest BCUT2D eigenvalue weighted by molar-refractivity contribution is 5.82. The van der Waals surface area contributed by atoms with Crippen LogP contribution in [0.4, 0.5) is 13.2 Å². The van der Waals surface area contributed by atoms with E-state index in [1.165, 1.54) is 0 Å². The Morgan fingerprint density at radius 1 is 1.35 bits per heavy atom. The van der Waals surface area contributed by atoms with Crippen LogP contribution in [0, 0.1) is 5.41 Å². The molecular formula is C13H21F3N2O2. The van der Waals surface area contributed by atoms with E-state index in [4.69, 9.17) is 0 Å². The Labute approximate surface area is 116 Å². The molecule has 0 radical (unpaired) electrons. The zero-order chi connectivity index (χ0) is 15.6. The van der Waals surface area contributed by atoms with Gasteiger partial charge in [-0.1, -0.05) is 20.8 Å². The molecule has 0 unspecified atom stereocenters. The molecule has 0 saturated carbocycles. The van der Waals surface area contributed by atoms with Crippen molar-refractivity contribution in [3.63, 3.8) is 0 Å². The van der Waals surface area contributed by atoms with Crippen molar-refractivity contribution in [2.24, 2.45) is 5.41 Å². The zero-order valence-corrected chi connectivity index (χ0v) is 12.0. The lowest BCUT2D eigenvalue weighted by molar-refractivity contribution is -0.144. The van der Waals surface area contributed by atoms with Crippen LogP contribution in [-0.2, 0) is 9.59 Å². The molecule has 0 aliphatic carbocycles. The van der Waals surface area contributed by atoms with Gasteiger partial charge in [0.25, 0.3) is 0 Å². The first-order valence-corrected chi connectivity index (χ1v) is 6.60. The van der Waals surface area contributed by atoms with Gasteiger partial charge < -0.3 is 10.2 Å². The predicted octanol–water partition coefficient (Wildman–Crippen LogP) is 2.09. The lowest BCUT2D eigenvalue weighted by atomic mass is 9.96. The van der Waals surface area contributed by atoms with Crippen LogP contribution in [0.15, 0.2) is 0 Å². The summed E-state index contributed by atoms with van der Waals surface area (Å²) >= 11 is 0. The smallest absolute Gasteiger partial charge is 0.351 e. The van der Waals surface area contributed by atoms with Crippen molar-refractivity contribution in [1.82, 2.24) is 10.2 Å². The number of carbonyl (C=O) groups excluding carboxylic acids is 2. The van der Waals surface area contributed by atoms with Crippen LogP contribution in [0.2, 0.25) is 0 Å². The van der Waals surface area contributed by atoms with Gasteiger partial charge in [-0.3, -0.25) is 9.59 Å². The molecule has 1 atom stereocenters. The normalized spacial score (nSPS) is 20.4. The monoisotopic (exact) mass is 294 g/mol. The van der Waals surface area contributed by atoms with E-state index in [2.05, 4.69) is 5.32 Å². The molecule has 4 nitrogen and oxygen atoms in total. The van der Waals surface area contributed by atoms with Gasteiger partial charge in [-0.05, 0) is 5.41 Å². The van der Waals surface area contributed by atoms with Gasteiger partial charge >= 0.3 is 6.18 Å². The number of likely N-dealkylation sites (tertiary alicyclic amines) is 1. The molecule has 1 fully saturated rings. The minimum absolute atomic E-state index is 0.0508. The van der Waals surface area contributed by atoms with Crippen LogP contribution < -0.4 is 5.32 Å². The van der Waals surface area contributed by atoms with Crippen molar-refractivity contribution in [3.8, 4) is 0 Å². The zero-order valence-electron chi connectivity index (χ0n) is 12.0. The van der Waals surface area contributed by atoms with Crippen molar-refractivity contribution in [3.05, 3.63) is 0 Å². The summed E-state index contributed by atoms with van der Waals surface area (Å²) in [7, 11) is 0. The summed E-state index contributed by atoms with van der Waals surface area (Å²) in [5.74, 6) is -0.723. The maximum atomic E-state index is 12.0. The fourth-order valence-corrected chi connectivity index (χ4v) is 2.15. The summed E-state index contributed by atoms with van der Waals surface area (Å²) in [5, 5.41) is 2.50. The molecule has 1 saturated heterocycles. The van der Waals surface area contributed by atoms with Crippen molar-refractivity contribution in [2.45, 2.75) is 52.3 Å². The molecule has 0 bridgehead atoms. The summed E-state index contributed by atoms with van der Waals surface area (Å²) in [4.78, 5) is 24.8. The number of nitrogens with zero attached hydrogens (tertiary/aromatic N) is 1. The van der Waals surface area contributed by atoms with E-state index < -0.39 is 24.9 Å². The Bertz CT molecular complexity index is 375. The highest BCUT2D eigenvalue weighted by atomic mass is 19.4. The molecule has 0 aromatic rings. The first-order valence-electron chi connectivity index (χ1n) is 6.60. The van der Waals surface area contributed by atoms with E-state index >= 15 is 0 Å². The third-order valence-electron chi connectivity index (χ3n) is 2.88. The second kappa shape index (κ2) is 6.01. The second-order valence-electron chi connectivity index (χ2n) is 6.42. The van der Waals surface area contributed by atoms with Crippen LogP contribution in [-0.4, -0.2) is 42.0 Å². The summed E-state index contributed by atoms with van der Waals surface area (Å²) < 4.78 is 36.0. The van der Waals surface area contributed by atoms with Gasteiger partial charge in [-0.25, -0.2) is 0 Å². The highest BCUT2D eigenvalue weighted by Crippen LogP contribution is 2.22. The Balaban J connectivity index is 2.40. The molecule has 0 aromatic heterocycles.